The Morgan fingerprint density at radius 2 is 1.43 bits per heavy atom. The van der Waals surface area contributed by atoms with Crippen LogP contribution in [0.4, 0.5) is 5.69 Å². The zero-order chi connectivity index (χ0) is 15.6. The summed E-state index contributed by atoms with van der Waals surface area (Å²) < 4.78 is 0. The van der Waals surface area contributed by atoms with Crippen LogP contribution in [0, 0.1) is 0 Å². The summed E-state index contributed by atoms with van der Waals surface area (Å²) >= 11 is 12.2. The van der Waals surface area contributed by atoms with E-state index in [0.29, 0.717) is 5.82 Å². The van der Waals surface area contributed by atoms with Crippen LogP contribution in [0.3, 0.4) is 0 Å². The molecule has 1 aromatic heterocycles. The minimum Gasteiger partial charge on any atom is -0.274 e. The lowest BCUT2D eigenvalue weighted by Gasteiger charge is -2.19. The minimum atomic E-state index is -0.512. The van der Waals surface area contributed by atoms with Crippen molar-refractivity contribution in [2.75, 3.05) is 4.90 Å². The first-order valence-corrected chi connectivity index (χ1v) is 6.77. The molecule has 1 aromatic carbocycles. The van der Waals surface area contributed by atoms with Gasteiger partial charge >= 0.3 is 0 Å². The van der Waals surface area contributed by atoms with E-state index in [-0.39, 0.29) is 16.0 Å². The quantitative estimate of drug-likeness (QED) is 0.795. The summed E-state index contributed by atoms with van der Waals surface area (Å²) in [6.45, 7) is 2.47. The predicted octanol–water partition coefficient (Wildman–Crippen LogP) is 3.35. The Balaban J connectivity index is 2.57. The predicted molar refractivity (Wildman–Crippen MR) is 81.3 cm³/mol. The Labute approximate surface area is 131 Å². The van der Waals surface area contributed by atoms with E-state index in [4.69, 9.17) is 23.2 Å². The second-order valence-electron chi connectivity index (χ2n) is 4.22. The number of carbonyl (C=O) groups excluding carboxylic acids is 2. The fourth-order valence-electron chi connectivity index (χ4n) is 1.84. The lowest BCUT2D eigenvalue weighted by atomic mass is 10.2. The van der Waals surface area contributed by atoms with Crippen LogP contribution in [0.15, 0.2) is 30.3 Å². The highest BCUT2D eigenvalue weighted by molar-refractivity contribution is 6.40. The molecule has 0 N–H and O–H groups in total. The Bertz CT molecular complexity index is 668. The molecule has 0 saturated carbocycles. The molecule has 0 saturated heterocycles. The van der Waals surface area contributed by atoms with Gasteiger partial charge in [-0.05, 0) is 0 Å². The molecule has 5 nitrogen and oxygen atoms in total. The molecule has 0 radical (unpaired) electrons. The third-order valence-corrected chi connectivity index (χ3v) is 3.21. The number of carbonyl (C=O) groups is 2. The fraction of sp³-hybridized carbons (Fsp3) is 0.143. The van der Waals surface area contributed by atoms with Crippen LogP contribution in [0.5, 0.6) is 0 Å². The van der Waals surface area contributed by atoms with Gasteiger partial charge in [-0.1, -0.05) is 53.5 Å². The first-order valence-electron chi connectivity index (χ1n) is 6.01. The molecule has 2 amide bonds. The molecule has 108 valence electrons. The summed E-state index contributed by atoms with van der Waals surface area (Å²) in [4.78, 5) is 32.2. The second kappa shape index (κ2) is 6.20. The Morgan fingerprint density at radius 3 is 1.86 bits per heavy atom. The number of nitrogens with zero attached hydrogens (tertiary/aromatic N) is 3. The average Bonchev–Trinajstić information content (AvgIpc) is 2.42. The average molecular weight is 324 g/mol. The smallest absolute Gasteiger partial charge is 0.230 e. The molecular weight excluding hydrogens is 313 g/mol. The zero-order valence-corrected chi connectivity index (χ0v) is 12.8. The van der Waals surface area contributed by atoms with Gasteiger partial charge in [0, 0.05) is 19.4 Å². The fourth-order valence-corrected chi connectivity index (χ4v) is 2.40. The van der Waals surface area contributed by atoms with Crippen molar-refractivity contribution < 1.29 is 9.59 Å². The number of anilines is 1. The van der Waals surface area contributed by atoms with Crippen molar-refractivity contribution in [2.45, 2.75) is 13.8 Å². The summed E-state index contributed by atoms with van der Waals surface area (Å²) in [5, 5.41) is -0.112. The monoisotopic (exact) mass is 323 g/mol. The number of rotatable bonds is 2. The molecular formula is C14H11Cl2N3O2. The first-order chi connectivity index (χ1) is 9.91. The van der Waals surface area contributed by atoms with Gasteiger partial charge in [0.25, 0.3) is 0 Å². The zero-order valence-electron chi connectivity index (χ0n) is 11.3. The van der Waals surface area contributed by atoms with E-state index in [2.05, 4.69) is 9.97 Å². The minimum absolute atomic E-state index is 0.00184. The van der Waals surface area contributed by atoms with E-state index in [9.17, 15) is 9.59 Å². The van der Waals surface area contributed by atoms with Gasteiger partial charge in [-0.25, -0.2) is 14.9 Å². The third kappa shape index (κ3) is 3.20. The molecule has 0 fully saturated rings. The molecule has 21 heavy (non-hydrogen) atoms. The van der Waals surface area contributed by atoms with Crippen LogP contribution in [-0.4, -0.2) is 21.8 Å². The molecule has 0 bridgehead atoms. The number of imide groups is 1. The number of amides is 2. The highest BCUT2D eigenvalue weighted by Crippen LogP contribution is 2.33. The number of hydrogen-bond donors (Lipinski definition) is 0. The van der Waals surface area contributed by atoms with E-state index in [0.717, 1.165) is 10.5 Å². The molecule has 2 aromatic rings. The number of halogens is 2. The van der Waals surface area contributed by atoms with Gasteiger partial charge in [-0.15, -0.1) is 0 Å². The topological polar surface area (TPSA) is 63.2 Å². The maximum atomic E-state index is 11.6. The summed E-state index contributed by atoms with van der Waals surface area (Å²) in [5.41, 5.74) is 0.725. The van der Waals surface area contributed by atoms with Crippen molar-refractivity contribution in [3.63, 3.8) is 0 Å². The van der Waals surface area contributed by atoms with Crippen LogP contribution < -0.4 is 4.90 Å². The van der Waals surface area contributed by atoms with Crippen LogP contribution in [0.25, 0.3) is 11.4 Å². The molecule has 0 aliphatic carbocycles. The van der Waals surface area contributed by atoms with Crippen LogP contribution in [-0.2, 0) is 9.59 Å². The van der Waals surface area contributed by atoms with Crippen LogP contribution in [0.2, 0.25) is 10.3 Å². The van der Waals surface area contributed by atoms with Gasteiger partial charge in [0.2, 0.25) is 11.8 Å². The lowest BCUT2D eigenvalue weighted by Crippen LogP contribution is -2.34. The SMILES string of the molecule is CC(=O)N(C(C)=O)c1c(Cl)nc(-c2ccccc2)nc1Cl. The highest BCUT2D eigenvalue weighted by atomic mass is 35.5. The van der Waals surface area contributed by atoms with E-state index in [1.54, 1.807) is 12.1 Å². The van der Waals surface area contributed by atoms with Crippen molar-refractivity contribution >= 4 is 40.7 Å². The van der Waals surface area contributed by atoms with Crippen molar-refractivity contribution in [3.8, 4) is 11.4 Å². The van der Waals surface area contributed by atoms with E-state index < -0.39 is 11.8 Å². The van der Waals surface area contributed by atoms with Crippen molar-refractivity contribution in [3.05, 3.63) is 40.6 Å². The Hall–Kier alpha value is -1.98. The summed E-state index contributed by atoms with van der Waals surface area (Å²) in [6.07, 6.45) is 0. The van der Waals surface area contributed by atoms with Crippen LogP contribution in [0.1, 0.15) is 13.8 Å². The van der Waals surface area contributed by atoms with Gasteiger partial charge in [-0.2, -0.15) is 0 Å². The normalized spacial score (nSPS) is 10.3. The van der Waals surface area contributed by atoms with Gasteiger partial charge in [0.15, 0.2) is 16.1 Å². The molecule has 0 unspecified atom stereocenters. The summed E-state index contributed by atoms with van der Waals surface area (Å²) in [6, 6.07) is 9.11. The molecule has 1 heterocycles. The Kier molecular flexibility index (Phi) is 4.55. The largest absolute Gasteiger partial charge is 0.274 e. The lowest BCUT2D eigenvalue weighted by molar-refractivity contribution is -0.124. The highest BCUT2D eigenvalue weighted by Gasteiger charge is 2.25. The van der Waals surface area contributed by atoms with Gasteiger partial charge in [0.1, 0.15) is 5.69 Å². The first kappa shape index (κ1) is 15.4. The second-order valence-corrected chi connectivity index (χ2v) is 4.93. The molecule has 2 rings (SSSR count). The maximum Gasteiger partial charge on any atom is 0.230 e. The van der Waals surface area contributed by atoms with Crippen LogP contribution >= 0.6 is 23.2 Å². The van der Waals surface area contributed by atoms with Gasteiger partial charge in [0.05, 0.1) is 0 Å². The standard InChI is InChI=1S/C14H11Cl2N3O2/c1-8(20)19(9(2)21)11-12(15)17-14(18-13(11)16)10-6-4-3-5-7-10/h3-7H,1-2H3. The molecule has 0 spiro atoms. The van der Waals surface area contributed by atoms with E-state index in [1.807, 2.05) is 18.2 Å². The van der Waals surface area contributed by atoms with Gasteiger partial charge < -0.3 is 0 Å². The molecule has 0 aliphatic heterocycles. The van der Waals surface area contributed by atoms with Crippen molar-refractivity contribution in [1.82, 2.24) is 9.97 Å². The summed E-state index contributed by atoms with van der Waals surface area (Å²) in [5.74, 6) is -0.703. The molecule has 0 atom stereocenters. The maximum absolute atomic E-state index is 11.6. The number of aromatic nitrogens is 2. The van der Waals surface area contributed by atoms with E-state index in [1.165, 1.54) is 13.8 Å². The van der Waals surface area contributed by atoms with Crippen molar-refractivity contribution in [1.29, 1.82) is 0 Å². The van der Waals surface area contributed by atoms with Gasteiger partial charge in [-0.3, -0.25) is 9.59 Å². The molecule has 0 aliphatic rings. The number of benzene rings is 1. The Morgan fingerprint density at radius 1 is 0.952 bits per heavy atom. The molecule has 7 heteroatoms. The van der Waals surface area contributed by atoms with Crippen molar-refractivity contribution in [2.24, 2.45) is 0 Å². The number of hydrogen-bond acceptors (Lipinski definition) is 4. The van der Waals surface area contributed by atoms with E-state index >= 15 is 0 Å². The summed E-state index contributed by atoms with van der Waals surface area (Å²) in [7, 11) is 0. The third-order valence-electron chi connectivity index (χ3n) is 2.68.